The lowest BCUT2D eigenvalue weighted by atomic mass is 10.0. The first-order valence-electron chi connectivity index (χ1n) is 6.97. The highest BCUT2D eigenvalue weighted by Gasteiger charge is 2.12. The van der Waals surface area contributed by atoms with E-state index in [0.29, 0.717) is 17.0 Å². The molecule has 0 fully saturated rings. The third-order valence-corrected chi connectivity index (χ3v) is 4.48. The molecule has 0 atom stereocenters. The molecule has 0 radical (unpaired) electrons. The molecular weight excluding hydrogens is 283 g/mol. The van der Waals surface area contributed by atoms with Gasteiger partial charge in [-0.15, -0.1) is 0 Å². The van der Waals surface area contributed by atoms with Crippen molar-refractivity contribution in [2.75, 3.05) is 0 Å². The summed E-state index contributed by atoms with van der Waals surface area (Å²) in [5.74, 6) is 0.0415. The molecule has 0 spiro atoms. The van der Waals surface area contributed by atoms with Crippen molar-refractivity contribution < 1.29 is 9.18 Å². The fourth-order valence-corrected chi connectivity index (χ4v) is 3.14. The van der Waals surface area contributed by atoms with Gasteiger partial charge in [-0.05, 0) is 55.2 Å². The average molecular weight is 302 g/mol. The molecule has 0 saturated heterocycles. The van der Waals surface area contributed by atoms with Crippen LogP contribution in [-0.4, -0.2) is 5.78 Å². The second-order valence-electron chi connectivity index (χ2n) is 5.48. The molecule has 0 saturated carbocycles. The normalized spacial score (nSPS) is 11.0. The van der Waals surface area contributed by atoms with E-state index in [9.17, 15) is 9.18 Å². The molecule has 0 heterocycles. The number of Topliss-reactive ketones (excluding diaryl/α,β-unsaturated/α-hetero) is 1. The summed E-state index contributed by atoms with van der Waals surface area (Å²) in [5.41, 5.74) is 2.28. The van der Waals surface area contributed by atoms with Crippen molar-refractivity contribution in [3.8, 4) is 0 Å². The second-order valence-corrected chi connectivity index (χ2v) is 6.59. The van der Waals surface area contributed by atoms with E-state index < -0.39 is 0 Å². The van der Waals surface area contributed by atoms with Crippen LogP contribution in [0, 0.1) is 12.7 Å². The van der Waals surface area contributed by atoms with Gasteiger partial charge in [0, 0.05) is 15.4 Å². The van der Waals surface area contributed by atoms with Crippen LogP contribution < -0.4 is 0 Å². The smallest absolute Gasteiger partial charge is 0.161 e. The van der Waals surface area contributed by atoms with E-state index in [1.54, 1.807) is 13.0 Å². The van der Waals surface area contributed by atoms with Crippen molar-refractivity contribution in [3.05, 3.63) is 58.9 Å². The van der Waals surface area contributed by atoms with Gasteiger partial charge in [0.25, 0.3) is 0 Å². The minimum Gasteiger partial charge on any atom is -0.294 e. The highest BCUT2D eigenvalue weighted by Crippen LogP contribution is 2.33. The van der Waals surface area contributed by atoms with Crippen molar-refractivity contribution in [2.24, 2.45) is 0 Å². The van der Waals surface area contributed by atoms with Gasteiger partial charge in [-0.2, -0.15) is 0 Å². The zero-order chi connectivity index (χ0) is 15.6. The highest BCUT2D eigenvalue weighted by molar-refractivity contribution is 7.99. The number of carbonyl (C=O) groups is 1. The number of carbonyl (C=O) groups excluding carboxylic acids is 1. The van der Waals surface area contributed by atoms with Crippen LogP contribution in [0.4, 0.5) is 4.39 Å². The molecule has 0 amide bonds. The summed E-state index contributed by atoms with van der Waals surface area (Å²) >= 11 is 1.50. The Labute approximate surface area is 129 Å². The van der Waals surface area contributed by atoms with Crippen LogP contribution in [0.3, 0.4) is 0 Å². The number of hydrogen-bond acceptors (Lipinski definition) is 2. The number of rotatable bonds is 4. The highest BCUT2D eigenvalue weighted by atomic mass is 32.2. The summed E-state index contributed by atoms with van der Waals surface area (Å²) in [6.07, 6.45) is 0. The van der Waals surface area contributed by atoms with E-state index in [4.69, 9.17) is 0 Å². The molecule has 0 N–H and O–H groups in total. The van der Waals surface area contributed by atoms with E-state index >= 15 is 0 Å². The molecule has 110 valence electrons. The summed E-state index contributed by atoms with van der Waals surface area (Å²) < 4.78 is 13.6. The standard InChI is InChI=1S/C18H19FOS/c1-11(2)14-5-7-15(8-6-14)21-18-9-12(3)17(19)10-16(18)13(4)20/h5-11H,1-4H3. The summed E-state index contributed by atoms with van der Waals surface area (Å²) in [6, 6.07) is 11.4. The van der Waals surface area contributed by atoms with Crippen LogP contribution in [0.2, 0.25) is 0 Å². The maximum absolute atomic E-state index is 13.6. The molecule has 2 aromatic carbocycles. The van der Waals surface area contributed by atoms with Crippen molar-refractivity contribution in [2.45, 2.75) is 43.4 Å². The van der Waals surface area contributed by atoms with E-state index in [-0.39, 0.29) is 11.6 Å². The van der Waals surface area contributed by atoms with Gasteiger partial charge in [0.05, 0.1) is 0 Å². The first-order valence-corrected chi connectivity index (χ1v) is 7.79. The number of hydrogen-bond donors (Lipinski definition) is 0. The number of aryl methyl sites for hydroxylation is 1. The molecule has 0 bridgehead atoms. The van der Waals surface area contributed by atoms with Gasteiger partial charge in [-0.3, -0.25) is 4.79 Å². The van der Waals surface area contributed by atoms with E-state index in [1.165, 1.54) is 30.3 Å². The molecule has 2 rings (SSSR count). The maximum Gasteiger partial charge on any atom is 0.161 e. The van der Waals surface area contributed by atoms with Crippen LogP contribution in [0.5, 0.6) is 0 Å². The predicted molar refractivity (Wildman–Crippen MR) is 85.8 cm³/mol. The Morgan fingerprint density at radius 3 is 2.29 bits per heavy atom. The summed E-state index contributed by atoms with van der Waals surface area (Å²) in [5, 5.41) is 0. The minimum absolute atomic E-state index is 0.116. The monoisotopic (exact) mass is 302 g/mol. The molecule has 0 aromatic heterocycles. The third-order valence-electron chi connectivity index (χ3n) is 3.41. The SMILES string of the molecule is CC(=O)c1cc(F)c(C)cc1Sc1ccc(C(C)C)cc1. The third kappa shape index (κ3) is 3.73. The van der Waals surface area contributed by atoms with Crippen molar-refractivity contribution >= 4 is 17.5 Å². The zero-order valence-electron chi connectivity index (χ0n) is 12.7. The number of ketones is 1. The average Bonchev–Trinajstić information content (AvgIpc) is 2.43. The fourth-order valence-electron chi connectivity index (χ4n) is 2.06. The quantitative estimate of drug-likeness (QED) is 0.683. The van der Waals surface area contributed by atoms with Gasteiger partial charge < -0.3 is 0 Å². The lowest BCUT2D eigenvalue weighted by molar-refractivity contribution is 0.101. The van der Waals surface area contributed by atoms with Crippen molar-refractivity contribution in [1.82, 2.24) is 0 Å². The Bertz CT molecular complexity index is 660. The van der Waals surface area contributed by atoms with Crippen LogP contribution >= 0.6 is 11.8 Å². The van der Waals surface area contributed by atoms with Gasteiger partial charge in [0.15, 0.2) is 5.78 Å². The summed E-state index contributed by atoms with van der Waals surface area (Å²) in [4.78, 5) is 13.5. The minimum atomic E-state index is -0.334. The van der Waals surface area contributed by atoms with Gasteiger partial charge in [0.2, 0.25) is 0 Å². The fraction of sp³-hybridized carbons (Fsp3) is 0.278. The van der Waals surface area contributed by atoms with E-state index in [1.807, 2.05) is 12.1 Å². The van der Waals surface area contributed by atoms with Crippen LogP contribution in [0.1, 0.15) is 48.2 Å². The van der Waals surface area contributed by atoms with Crippen molar-refractivity contribution in [3.63, 3.8) is 0 Å². The van der Waals surface area contributed by atoms with Gasteiger partial charge in [-0.25, -0.2) is 4.39 Å². The Balaban J connectivity index is 2.34. The summed E-state index contributed by atoms with van der Waals surface area (Å²) in [7, 11) is 0. The molecule has 21 heavy (non-hydrogen) atoms. The number of benzene rings is 2. The molecule has 0 aliphatic heterocycles. The van der Waals surface area contributed by atoms with E-state index in [2.05, 4.69) is 26.0 Å². The Morgan fingerprint density at radius 1 is 1.14 bits per heavy atom. The molecule has 0 aliphatic carbocycles. The Hall–Kier alpha value is -1.61. The largest absolute Gasteiger partial charge is 0.294 e. The summed E-state index contributed by atoms with van der Waals surface area (Å²) in [6.45, 7) is 7.49. The topological polar surface area (TPSA) is 17.1 Å². The maximum atomic E-state index is 13.6. The zero-order valence-corrected chi connectivity index (χ0v) is 13.6. The Morgan fingerprint density at radius 2 is 1.76 bits per heavy atom. The molecule has 0 unspecified atom stereocenters. The molecule has 3 heteroatoms. The first-order chi connectivity index (χ1) is 9.88. The van der Waals surface area contributed by atoms with Gasteiger partial charge in [0.1, 0.15) is 5.82 Å². The Kier molecular flexibility index (Phi) is 4.84. The van der Waals surface area contributed by atoms with Gasteiger partial charge in [-0.1, -0.05) is 37.7 Å². The van der Waals surface area contributed by atoms with Crippen LogP contribution in [0.15, 0.2) is 46.2 Å². The second kappa shape index (κ2) is 6.44. The molecule has 1 nitrogen and oxygen atoms in total. The number of halogens is 1. The molecule has 0 aliphatic rings. The first kappa shape index (κ1) is 15.8. The molecular formula is C18H19FOS. The van der Waals surface area contributed by atoms with Gasteiger partial charge >= 0.3 is 0 Å². The van der Waals surface area contributed by atoms with Crippen LogP contribution in [0.25, 0.3) is 0 Å². The predicted octanol–water partition coefficient (Wildman–Crippen LogP) is 5.61. The van der Waals surface area contributed by atoms with Crippen LogP contribution in [-0.2, 0) is 0 Å². The lowest BCUT2D eigenvalue weighted by Gasteiger charge is -2.10. The molecule has 2 aromatic rings. The van der Waals surface area contributed by atoms with E-state index in [0.717, 1.165) is 9.79 Å². The van der Waals surface area contributed by atoms with Crippen molar-refractivity contribution in [1.29, 1.82) is 0 Å². The lowest BCUT2D eigenvalue weighted by Crippen LogP contribution is -1.98.